The summed E-state index contributed by atoms with van der Waals surface area (Å²) in [7, 11) is 0. The van der Waals surface area contributed by atoms with Crippen LogP contribution in [0.25, 0.3) is 0 Å². The molecule has 0 aromatic heterocycles. The van der Waals surface area contributed by atoms with Crippen LogP contribution in [0, 0.1) is 5.41 Å². The first kappa shape index (κ1) is 18.9. The molecule has 0 saturated carbocycles. The third-order valence-electron chi connectivity index (χ3n) is 3.79. The summed E-state index contributed by atoms with van der Waals surface area (Å²) < 4.78 is 11.6. The molecule has 0 spiro atoms. The lowest BCUT2D eigenvalue weighted by molar-refractivity contribution is -0.0350. The smallest absolute Gasteiger partial charge is 0.0826 e. The van der Waals surface area contributed by atoms with Crippen molar-refractivity contribution in [3.8, 4) is 0 Å². The predicted molar refractivity (Wildman–Crippen MR) is 88.8 cm³/mol. The molecule has 0 aliphatic carbocycles. The van der Waals surface area contributed by atoms with Gasteiger partial charge in [0.25, 0.3) is 0 Å². The highest BCUT2D eigenvalue weighted by Crippen LogP contribution is 2.20. The Balaban J connectivity index is 2.01. The molecular formula is C17H36N2O2. The van der Waals surface area contributed by atoms with Gasteiger partial charge in [-0.15, -0.1) is 0 Å². The van der Waals surface area contributed by atoms with Crippen molar-refractivity contribution >= 4 is 0 Å². The molecule has 0 bridgehead atoms. The van der Waals surface area contributed by atoms with Crippen LogP contribution in [0.4, 0.5) is 0 Å². The van der Waals surface area contributed by atoms with Gasteiger partial charge in [0.2, 0.25) is 0 Å². The summed E-state index contributed by atoms with van der Waals surface area (Å²) in [5.41, 5.74) is 0.423. The molecule has 4 heteroatoms. The molecule has 0 amide bonds. The Kier molecular flexibility index (Phi) is 9.49. The van der Waals surface area contributed by atoms with Crippen molar-refractivity contribution in [2.24, 2.45) is 5.41 Å². The first-order chi connectivity index (χ1) is 10.0. The van der Waals surface area contributed by atoms with Gasteiger partial charge in [-0.1, -0.05) is 27.7 Å². The second-order valence-corrected chi connectivity index (χ2v) is 7.27. The number of nitrogens with one attached hydrogen (secondary N) is 1. The zero-order valence-electron chi connectivity index (χ0n) is 14.6. The summed E-state index contributed by atoms with van der Waals surface area (Å²) in [6.07, 6.45) is 3.91. The first-order valence-electron chi connectivity index (χ1n) is 8.63. The van der Waals surface area contributed by atoms with E-state index in [1.165, 1.54) is 12.8 Å². The van der Waals surface area contributed by atoms with Crippen molar-refractivity contribution in [1.82, 2.24) is 10.2 Å². The minimum absolute atomic E-state index is 0.339. The molecule has 1 unspecified atom stereocenters. The molecule has 1 atom stereocenters. The largest absolute Gasteiger partial charge is 0.380 e. The van der Waals surface area contributed by atoms with E-state index in [1.54, 1.807) is 0 Å². The molecule has 0 radical (unpaired) electrons. The van der Waals surface area contributed by atoms with E-state index in [2.05, 4.69) is 37.9 Å². The van der Waals surface area contributed by atoms with Crippen LogP contribution in [0.5, 0.6) is 0 Å². The van der Waals surface area contributed by atoms with Crippen LogP contribution in [0.2, 0.25) is 0 Å². The maximum atomic E-state index is 5.79. The fourth-order valence-electron chi connectivity index (χ4n) is 2.55. The van der Waals surface area contributed by atoms with Crippen LogP contribution in [0.15, 0.2) is 0 Å². The van der Waals surface area contributed by atoms with Gasteiger partial charge in [0.15, 0.2) is 0 Å². The second-order valence-electron chi connectivity index (χ2n) is 7.27. The zero-order chi connectivity index (χ0) is 15.6. The van der Waals surface area contributed by atoms with Gasteiger partial charge in [-0.25, -0.2) is 0 Å². The molecule has 1 saturated heterocycles. The predicted octanol–water partition coefficient (Wildman–Crippen LogP) is 2.53. The Morgan fingerprint density at radius 2 is 2.10 bits per heavy atom. The van der Waals surface area contributed by atoms with Crippen molar-refractivity contribution < 1.29 is 9.47 Å². The van der Waals surface area contributed by atoms with E-state index in [4.69, 9.17) is 9.47 Å². The molecule has 1 heterocycles. The quantitative estimate of drug-likeness (QED) is 0.629. The molecule has 126 valence electrons. The van der Waals surface area contributed by atoms with Crippen LogP contribution in [0.3, 0.4) is 0 Å². The van der Waals surface area contributed by atoms with E-state index in [9.17, 15) is 0 Å². The highest BCUT2D eigenvalue weighted by molar-refractivity contribution is 4.73. The highest BCUT2D eigenvalue weighted by atomic mass is 16.5. The lowest BCUT2D eigenvalue weighted by atomic mass is 9.91. The summed E-state index contributed by atoms with van der Waals surface area (Å²) in [4.78, 5) is 2.46. The van der Waals surface area contributed by atoms with Crippen molar-refractivity contribution in [1.29, 1.82) is 0 Å². The Hall–Kier alpha value is -0.160. The van der Waals surface area contributed by atoms with Crippen LogP contribution < -0.4 is 5.32 Å². The molecular weight excluding hydrogens is 264 g/mol. The van der Waals surface area contributed by atoms with Gasteiger partial charge < -0.3 is 14.8 Å². The van der Waals surface area contributed by atoms with E-state index >= 15 is 0 Å². The summed E-state index contributed by atoms with van der Waals surface area (Å²) in [6.45, 7) is 16.8. The standard InChI is InChI=1S/C17H36N2O2/c1-5-8-18-14-16-15-19(10-13-21-16)9-12-20-11-6-7-17(2,3)4/h16,18H,5-15H2,1-4H3. The average molecular weight is 300 g/mol. The van der Waals surface area contributed by atoms with E-state index in [0.717, 1.165) is 59.0 Å². The Morgan fingerprint density at radius 3 is 2.81 bits per heavy atom. The number of nitrogens with zero attached hydrogens (tertiary/aromatic N) is 1. The molecule has 1 fully saturated rings. The molecule has 0 aromatic carbocycles. The van der Waals surface area contributed by atoms with Crippen LogP contribution in [0.1, 0.15) is 47.0 Å². The maximum absolute atomic E-state index is 5.79. The second kappa shape index (κ2) is 10.5. The number of morpholine rings is 1. The van der Waals surface area contributed by atoms with Crippen molar-refractivity contribution in [2.45, 2.75) is 53.1 Å². The third kappa shape index (κ3) is 10.2. The summed E-state index contributed by atoms with van der Waals surface area (Å²) in [6, 6.07) is 0. The summed E-state index contributed by atoms with van der Waals surface area (Å²) in [5.74, 6) is 0. The van der Waals surface area contributed by atoms with E-state index in [1.807, 2.05) is 0 Å². The normalized spacial score (nSPS) is 20.9. The minimum atomic E-state index is 0.339. The molecule has 0 aromatic rings. The monoisotopic (exact) mass is 300 g/mol. The molecule has 1 N–H and O–H groups in total. The number of hydrogen-bond acceptors (Lipinski definition) is 4. The minimum Gasteiger partial charge on any atom is -0.380 e. The van der Waals surface area contributed by atoms with Gasteiger partial charge in [0.05, 0.1) is 19.3 Å². The van der Waals surface area contributed by atoms with Crippen LogP contribution >= 0.6 is 0 Å². The van der Waals surface area contributed by atoms with Crippen molar-refractivity contribution in [3.05, 3.63) is 0 Å². The molecule has 1 aliphatic rings. The molecule has 1 aliphatic heterocycles. The maximum Gasteiger partial charge on any atom is 0.0826 e. The van der Waals surface area contributed by atoms with Gasteiger partial charge in [-0.05, 0) is 31.2 Å². The SMILES string of the molecule is CCCNCC1CN(CCOCCCC(C)(C)C)CCO1. The highest BCUT2D eigenvalue weighted by Gasteiger charge is 2.19. The lowest BCUT2D eigenvalue weighted by Crippen LogP contribution is -2.47. The third-order valence-corrected chi connectivity index (χ3v) is 3.79. The summed E-state index contributed by atoms with van der Waals surface area (Å²) in [5, 5.41) is 3.44. The number of hydrogen-bond donors (Lipinski definition) is 1. The van der Waals surface area contributed by atoms with Gasteiger partial charge in [0, 0.05) is 32.8 Å². The first-order valence-corrected chi connectivity index (χ1v) is 8.63. The van der Waals surface area contributed by atoms with Gasteiger partial charge in [-0.3, -0.25) is 4.90 Å². The lowest BCUT2D eigenvalue weighted by Gasteiger charge is -2.33. The van der Waals surface area contributed by atoms with Crippen molar-refractivity contribution in [2.75, 3.05) is 52.5 Å². The van der Waals surface area contributed by atoms with E-state index in [-0.39, 0.29) is 0 Å². The van der Waals surface area contributed by atoms with E-state index in [0.29, 0.717) is 11.5 Å². The zero-order valence-corrected chi connectivity index (χ0v) is 14.6. The van der Waals surface area contributed by atoms with Crippen molar-refractivity contribution in [3.63, 3.8) is 0 Å². The number of rotatable bonds is 10. The summed E-state index contributed by atoms with van der Waals surface area (Å²) >= 11 is 0. The van der Waals surface area contributed by atoms with Crippen LogP contribution in [-0.4, -0.2) is 63.5 Å². The fourth-order valence-corrected chi connectivity index (χ4v) is 2.55. The Labute approximate surface area is 131 Å². The fraction of sp³-hybridized carbons (Fsp3) is 1.00. The Morgan fingerprint density at radius 1 is 1.29 bits per heavy atom. The average Bonchev–Trinajstić information content (AvgIpc) is 2.42. The number of ether oxygens (including phenoxy) is 2. The molecule has 21 heavy (non-hydrogen) atoms. The van der Waals surface area contributed by atoms with E-state index < -0.39 is 0 Å². The Bertz CT molecular complexity index is 254. The topological polar surface area (TPSA) is 33.7 Å². The molecule has 4 nitrogen and oxygen atoms in total. The van der Waals surface area contributed by atoms with Gasteiger partial charge in [0.1, 0.15) is 0 Å². The van der Waals surface area contributed by atoms with Gasteiger partial charge >= 0.3 is 0 Å². The van der Waals surface area contributed by atoms with Crippen LogP contribution in [-0.2, 0) is 9.47 Å². The van der Waals surface area contributed by atoms with Gasteiger partial charge in [-0.2, -0.15) is 0 Å². The molecule has 1 rings (SSSR count).